The Morgan fingerprint density at radius 1 is 1.37 bits per heavy atom. The molecule has 142 valence electrons. The van der Waals surface area contributed by atoms with Crippen LogP contribution in [0.3, 0.4) is 0 Å². The van der Waals surface area contributed by atoms with Crippen molar-refractivity contribution in [2.75, 3.05) is 10.6 Å². The standard InChI is InChI=1S/C19H21BrClN5O/c1-11-6-14(7-13(10-27)17(11)20)24-19-23-9-15(21)18(26-19)25-16-5-3-2-4-12(16)8-22/h6-7,9,12,16,27H,2-5,10H2,1H3,(H2,23,24,25,26). The smallest absolute Gasteiger partial charge is 0.229 e. The predicted molar refractivity (Wildman–Crippen MR) is 110 cm³/mol. The van der Waals surface area contributed by atoms with E-state index in [1.807, 2.05) is 19.1 Å². The maximum Gasteiger partial charge on any atom is 0.229 e. The lowest BCUT2D eigenvalue weighted by molar-refractivity contribution is 0.281. The predicted octanol–water partition coefficient (Wildman–Crippen LogP) is 4.93. The van der Waals surface area contributed by atoms with Gasteiger partial charge in [-0.3, -0.25) is 0 Å². The van der Waals surface area contributed by atoms with Crippen molar-refractivity contribution in [3.63, 3.8) is 0 Å². The Kier molecular flexibility index (Phi) is 6.53. The van der Waals surface area contributed by atoms with Crippen LogP contribution in [0.2, 0.25) is 5.02 Å². The molecule has 0 spiro atoms. The maximum absolute atomic E-state index is 9.50. The van der Waals surface area contributed by atoms with Crippen molar-refractivity contribution in [3.8, 4) is 6.07 Å². The van der Waals surface area contributed by atoms with Crippen molar-refractivity contribution >= 4 is 45.0 Å². The summed E-state index contributed by atoms with van der Waals surface area (Å²) in [5.74, 6) is 0.886. The molecule has 0 bridgehead atoms. The first kappa shape index (κ1) is 19.9. The second kappa shape index (κ2) is 8.87. The molecule has 1 fully saturated rings. The highest BCUT2D eigenvalue weighted by Gasteiger charge is 2.26. The number of anilines is 3. The zero-order valence-corrected chi connectivity index (χ0v) is 17.3. The number of nitrogens with zero attached hydrogens (tertiary/aromatic N) is 3. The van der Waals surface area contributed by atoms with Gasteiger partial charge in [-0.15, -0.1) is 0 Å². The van der Waals surface area contributed by atoms with E-state index in [1.165, 1.54) is 0 Å². The summed E-state index contributed by atoms with van der Waals surface area (Å²) < 4.78 is 0.884. The van der Waals surface area contributed by atoms with E-state index in [1.54, 1.807) is 6.20 Å². The molecule has 1 aliphatic rings. The molecule has 0 saturated heterocycles. The first-order chi connectivity index (χ1) is 13.0. The van der Waals surface area contributed by atoms with Crippen LogP contribution in [0.15, 0.2) is 22.8 Å². The van der Waals surface area contributed by atoms with E-state index in [0.717, 1.165) is 47.0 Å². The van der Waals surface area contributed by atoms with Crippen molar-refractivity contribution < 1.29 is 5.11 Å². The van der Waals surface area contributed by atoms with Crippen LogP contribution in [0.1, 0.15) is 36.8 Å². The topological polar surface area (TPSA) is 93.9 Å². The lowest BCUT2D eigenvalue weighted by Crippen LogP contribution is -2.31. The van der Waals surface area contributed by atoms with E-state index in [-0.39, 0.29) is 18.6 Å². The third kappa shape index (κ3) is 4.70. The maximum atomic E-state index is 9.50. The fourth-order valence-corrected chi connectivity index (χ4v) is 3.82. The summed E-state index contributed by atoms with van der Waals surface area (Å²) in [7, 11) is 0. The van der Waals surface area contributed by atoms with E-state index in [4.69, 9.17) is 11.6 Å². The first-order valence-electron chi connectivity index (χ1n) is 8.87. The minimum Gasteiger partial charge on any atom is -0.392 e. The normalized spacial score (nSPS) is 19.4. The minimum absolute atomic E-state index is 0.0394. The van der Waals surface area contributed by atoms with E-state index in [9.17, 15) is 10.4 Å². The van der Waals surface area contributed by atoms with Gasteiger partial charge in [0.15, 0.2) is 5.82 Å². The molecule has 27 heavy (non-hydrogen) atoms. The number of rotatable bonds is 5. The number of aliphatic hydroxyl groups excluding tert-OH is 1. The number of hydrogen-bond acceptors (Lipinski definition) is 6. The van der Waals surface area contributed by atoms with Gasteiger partial charge < -0.3 is 15.7 Å². The number of hydrogen-bond donors (Lipinski definition) is 3. The number of aromatic nitrogens is 2. The van der Waals surface area contributed by atoms with Gasteiger partial charge in [-0.25, -0.2) is 4.98 Å². The zero-order valence-electron chi connectivity index (χ0n) is 15.0. The van der Waals surface area contributed by atoms with Crippen LogP contribution in [0.5, 0.6) is 0 Å². The highest BCUT2D eigenvalue weighted by atomic mass is 79.9. The van der Waals surface area contributed by atoms with Crippen LogP contribution in [-0.2, 0) is 6.61 Å². The van der Waals surface area contributed by atoms with Gasteiger partial charge in [-0.2, -0.15) is 10.2 Å². The average Bonchev–Trinajstić information content (AvgIpc) is 2.67. The van der Waals surface area contributed by atoms with Crippen LogP contribution in [0.4, 0.5) is 17.5 Å². The molecule has 2 aromatic rings. The molecule has 1 heterocycles. The third-order valence-electron chi connectivity index (χ3n) is 4.75. The largest absolute Gasteiger partial charge is 0.392 e. The van der Waals surface area contributed by atoms with Gasteiger partial charge in [-0.1, -0.05) is 40.4 Å². The van der Waals surface area contributed by atoms with Gasteiger partial charge in [0.25, 0.3) is 0 Å². The molecule has 0 radical (unpaired) electrons. The minimum atomic E-state index is -0.0670. The SMILES string of the molecule is Cc1cc(Nc2ncc(Cl)c(NC3CCCCC3C#N)n2)cc(CO)c1Br. The van der Waals surface area contributed by atoms with E-state index < -0.39 is 0 Å². The quantitative estimate of drug-likeness (QED) is 0.598. The summed E-state index contributed by atoms with van der Waals surface area (Å²) in [6.45, 7) is 1.89. The van der Waals surface area contributed by atoms with Gasteiger partial charge in [0.05, 0.1) is 24.8 Å². The van der Waals surface area contributed by atoms with Gasteiger partial charge in [0.1, 0.15) is 5.02 Å². The molecule has 0 amide bonds. The molecule has 1 aromatic heterocycles. The number of nitriles is 1. The summed E-state index contributed by atoms with van der Waals surface area (Å²) in [5.41, 5.74) is 2.56. The fourth-order valence-electron chi connectivity index (χ4n) is 3.32. The van der Waals surface area contributed by atoms with Crippen LogP contribution in [0.25, 0.3) is 0 Å². The molecule has 1 aromatic carbocycles. The highest BCUT2D eigenvalue weighted by Crippen LogP contribution is 2.30. The molecule has 3 rings (SSSR count). The third-order valence-corrected chi connectivity index (χ3v) is 6.17. The zero-order chi connectivity index (χ0) is 19.4. The fraction of sp³-hybridized carbons (Fsp3) is 0.421. The van der Waals surface area contributed by atoms with Gasteiger partial charge in [-0.05, 0) is 43.0 Å². The number of nitrogens with one attached hydrogen (secondary N) is 2. The van der Waals surface area contributed by atoms with E-state index in [0.29, 0.717) is 16.8 Å². The molecule has 8 heteroatoms. The van der Waals surface area contributed by atoms with Crippen molar-refractivity contribution in [3.05, 3.63) is 39.0 Å². The molecular formula is C19H21BrClN5O. The Morgan fingerprint density at radius 3 is 2.89 bits per heavy atom. The molecule has 1 aliphatic carbocycles. The molecule has 2 unspecified atom stereocenters. The molecular weight excluding hydrogens is 430 g/mol. The van der Waals surface area contributed by atoms with Crippen molar-refractivity contribution in [1.82, 2.24) is 9.97 Å². The number of aryl methyl sites for hydroxylation is 1. The highest BCUT2D eigenvalue weighted by molar-refractivity contribution is 9.10. The average molecular weight is 451 g/mol. The van der Waals surface area contributed by atoms with Crippen molar-refractivity contribution in [2.24, 2.45) is 5.92 Å². The van der Waals surface area contributed by atoms with Gasteiger partial charge in [0.2, 0.25) is 5.95 Å². The second-order valence-corrected chi connectivity index (χ2v) is 7.91. The number of aliphatic hydroxyl groups is 1. The van der Waals surface area contributed by atoms with Crippen molar-refractivity contribution in [2.45, 2.75) is 45.3 Å². The number of benzene rings is 1. The van der Waals surface area contributed by atoms with Crippen molar-refractivity contribution in [1.29, 1.82) is 5.26 Å². The first-order valence-corrected chi connectivity index (χ1v) is 10.0. The molecule has 1 saturated carbocycles. The Morgan fingerprint density at radius 2 is 2.15 bits per heavy atom. The molecule has 2 atom stereocenters. The Labute approximate surface area is 172 Å². The van der Waals surface area contributed by atoms with Gasteiger partial charge in [0, 0.05) is 16.2 Å². The summed E-state index contributed by atoms with van der Waals surface area (Å²) in [5, 5.41) is 25.8. The summed E-state index contributed by atoms with van der Waals surface area (Å²) in [4.78, 5) is 8.73. The van der Waals surface area contributed by atoms with Gasteiger partial charge >= 0.3 is 0 Å². The summed E-state index contributed by atoms with van der Waals surface area (Å²) in [6.07, 6.45) is 5.53. The lowest BCUT2D eigenvalue weighted by Gasteiger charge is -2.28. The Balaban J connectivity index is 1.81. The summed E-state index contributed by atoms with van der Waals surface area (Å²) in [6, 6.07) is 6.21. The Bertz CT molecular complexity index is 870. The molecule has 6 nitrogen and oxygen atoms in total. The number of halogens is 2. The van der Waals surface area contributed by atoms with Crippen LogP contribution in [0, 0.1) is 24.2 Å². The molecule has 3 N–H and O–H groups in total. The Hall–Kier alpha value is -1.88. The van der Waals surface area contributed by atoms with Crippen LogP contribution >= 0.6 is 27.5 Å². The summed E-state index contributed by atoms with van der Waals surface area (Å²) >= 11 is 9.74. The van der Waals surface area contributed by atoms with Crippen LogP contribution in [-0.4, -0.2) is 21.1 Å². The monoisotopic (exact) mass is 449 g/mol. The van der Waals surface area contributed by atoms with Crippen LogP contribution < -0.4 is 10.6 Å². The second-order valence-electron chi connectivity index (χ2n) is 6.71. The van der Waals surface area contributed by atoms with E-state index in [2.05, 4.69) is 42.6 Å². The molecule has 0 aliphatic heterocycles. The van der Waals surface area contributed by atoms with E-state index >= 15 is 0 Å². The lowest BCUT2D eigenvalue weighted by atomic mass is 9.85.